The fourth-order valence-electron chi connectivity index (χ4n) is 3.60. The van der Waals surface area contributed by atoms with Crippen molar-refractivity contribution in [3.05, 3.63) is 58.1 Å². The first-order chi connectivity index (χ1) is 16.3. The molecule has 34 heavy (non-hydrogen) atoms. The second-order valence-electron chi connectivity index (χ2n) is 7.70. The van der Waals surface area contributed by atoms with Gasteiger partial charge in [0.25, 0.3) is 0 Å². The van der Waals surface area contributed by atoms with Crippen LogP contribution in [-0.4, -0.2) is 38.4 Å². The van der Waals surface area contributed by atoms with Gasteiger partial charge in [-0.25, -0.2) is 9.59 Å². The molecule has 0 bridgehead atoms. The molecular weight excluding hydrogens is 460 g/mol. The lowest BCUT2D eigenvalue weighted by Gasteiger charge is -2.30. The Labute approximate surface area is 204 Å². The van der Waals surface area contributed by atoms with Crippen molar-refractivity contribution in [2.24, 2.45) is 0 Å². The van der Waals surface area contributed by atoms with E-state index in [-0.39, 0.29) is 11.7 Å². The van der Waals surface area contributed by atoms with Gasteiger partial charge in [0, 0.05) is 0 Å². The predicted octanol–water partition coefficient (Wildman–Crippen LogP) is 4.86. The van der Waals surface area contributed by atoms with Crippen LogP contribution < -0.4 is 24.8 Å². The van der Waals surface area contributed by atoms with Crippen LogP contribution >= 0.6 is 11.6 Å². The third-order valence-corrected chi connectivity index (χ3v) is 5.25. The molecule has 2 amide bonds. The number of carbonyl (C=O) groups excluding carboxylic acids is 2. The average molecular weight is 489 g/mol. The number of hydrogen-bond donors (Lipinski definition) is 2. The van der Waals surface area contributed by atoms with Gasteiger partial charge in [-0.15, -0.1) is 0 Å². The summed E-state index contributed by atoms with van der Waals surface area (Å²) in [5, 5.41) is 5.88. The predicted molar refractivity (Wildman–Crippen MR) is 129 cm³/mol. The first-order valence-corrected chi connectivity index (χ1v) is 11.4. The van der Waals surface area contributed by atoms with Gasteiger partial charge in [0.05, 0.1) is 48.8 Å². The maximum atomic E-state index is 13.3. The minimum Gasteiger partial charge on any atom is -0.497 e. The second-order valence-corrected chi connectivity index (χ2v) is 8.11. The Kier molecular flexibility index (Phi) is 8.28. The van der Waals surface area contributed by atoms with Crippen LogP contribution in [0.15, 0.2) is 42.0 Å². The molecule has 0 saturated carbocycles. The molecule has 1 atom stereocenters. The van der Waals surface area contributed by atoms with E-state index in [4.69, 9.17) is 30.5 Å². The SMILES string of the molecule is CCOc1cc(C2NC(=O)NC(c3ccc(OC)cc3)=C2C(=O)OC(C)C)cc(Cl)c1OCC. The van der Waals surface area contributed by atoms with E-state index < -0.39 is 18.0 Å². The molecule has 3 rings (SSSR count). The first-order valence-electron chi connectivity index (χ1n) is 11.0. The van der Waals surface area contributed by atoms with Crippen LogP contribution in [0, 0.1) is 0 Å². The lowest BCUT2D eigenvalue weighted by atomic mass is 9.92. The Bertz CT molecular complexity index is 1080. The zero-order valence-electron chi connectivity index (χ0n) is 19.9. The highest BCUT2D eigenvalue weighted by atomic mass is 35.5. The van der Waals surface area contributed by atoms with Gasteiger partial charge in [0.1, 0.15) is 5.75 Å². The van der Waals surface area contributed by atoms with E-state index in [9.17, 15) is 9.59 Å². The second kappa shape index (κ2) is 11.2. The number of nitrogens with one attached hydrogen (secondary N) is 2. The molecule has 1 aliphatic heterocycles. The van der Waals surface area contributed by atoms with Crippen molar-refractivity contribution >= 4 is 29.3 Å². The van der Waals surface area contributed by atoms with Crippen LogP contribution in [0.2, 0.25) is 5.02 Å². The molecule has 1 aliphatic rings. The highest BCUT2D eigenvalue weighted by Gasteiger charge is 2.35. The fourth-order valence-corrected chi connectivity index (χ4v) is 3.87. The van der Waals surface area contributed by atoms with Crippen molar-refractivity contribution in [3.63, 3.8) is 0 Å². The maximum Gasteiger partial charge on any atom is 0.338 e. The number of ether oxygens (including phenoxy) is 4. The number of benzene rings is 2. The normalized spacial score (nSPS) is 15.5. The number of methoxy groups -OCH3 is 1. The topological polar surface area (TPSA) is 95.1 Å². The minimum atomic E-state index is -0.843. The summed E-state index contributed by atoms with van der Waals surface area (Å²) in [6.45, 7) is 7.99. The fraction of sp³-hybridized carbons (Fsp3) is 0.360. The Hall–Kier alpha value is -3.39. The van der Waals surface area contributed by atoms with Crippen molar-refractivity contribution in [2.75, 3.05) is 20.3 Å². The van der Waals surface area contributed by atoms with Gasteiger partial charge in [-0.2, -0.15) is 0 Å². The molecule has 9 heteroatoms. The van der Waals surface area contributed by atoms with Crippen molar-refractivity contribution in [1.82, 2.24) is 10.6 Å². The highest BCUT2D eigenvalue weighted by molar-refractivity contribution is 6.32. The molecule has 182 valence electrons. The summed E-state index contributed by atoms with van der Waals surface area (Å²) < 4.78 is 22.2. The first kappa shape index (κ1) is 25.2. The summed E-state index contributed by atoms with van der Waals surface area (Å²) in [5.41, 5.74) is 1.75. The number of esters is 1. The zero-order valence-corrected chi connectivity index (χ0v) is 20.6. The van der Waals surface area contributed by atoms with E-state index in [2.05, 4.69) is 10.6 Å². The van der Waals surface area contributed by atoms with E-state index >= 15 is 0 Å². The molecule has 1 heterocycles. The summed E-state index contributed by atoms with van der Waals surface area (Å²) >= 11 is 6.52. The quantitative estimate of drug-likeness (QED) is 0.489. The van der Waals surface area contributed by atoms with Crippen LogP contribution in [0.4, 0.5) is 4.79 Å². The van der Waals surface area contributed by atoms with Gasteiger partial charge in [0.2, 0.25) is 0 Å². The van der Waals surface area contributed by atoms with Crippen molar-refractivity contribution in [3.8, 4) is 17.2 Å². The number of rotatable bonds is 9. The molecule has 2 aromatic carbocycles. The van der Waals surface area contributed by atoms with Gasteiger partial charge in [-0.05, 0) is 75.2 Å². The molecule has 1 unspecified atom stereocenters. The number of hydrogen-bond acceptors (Lipinski definition) is 6. The number of carbonyl (C=O) groups is 2. The molecule has 0 saturated heterocycles. The van der Waals surface area contributed by atoms with Crippen LogP contribution in [-0.2, 0) is 9.53 Å². The van der Waals surface area contributed by atoms with E-state index in [1.807, 2.05) is 13.8 Å². The summed E-state index contributed by atoms with van der Waals surface area (Å²) in [7, 11) is 1.56. The molecule has 0 spiro atoms. The Morgan fingerprint density at radius 3 is 2.35 bits per heavy atom. The Balaban J connectivity index is 2.20. The number of amides is 2. The molecular formula is C25H29ClN2O6. The van der Waals surface area contributed by atoms with Gasteiger partial charge in [0.15, 0.2) is 11.5 Å². The van der Waals surface area contributed by atoms with Crippen LogP contribution in [0.1, 0.15) is 44.9 Å². The summed E-state index contributed by atoms with van der Waals surface area (Å²) in [6, 6.07) is 9.07. The van der Waals surface area contributed by atoms with Crippen LogP contribution in [0.3, 0.4) is 0 Å². The number of urea groups is 1. The third kappa shape index (κ3) is 5.56. The molecule has 8 nitrogen and oxygen atoms in total. The molecule has 0 radical (unpaired) electrons. The average Bonchev–Trinajstić information content (AvgIpc) is 2.80. The van der Waals surface area contributed by atoms with Crippen LogP contribution in [0.25, 0.3) is 5.70 Å². The summed E-state index contributed by atoms with van der Waals surface area (Å²) in [4.78, 5) is 26.0. The molecule has 2 aromatic rings. The Morgan fingerprint density at radius 1 is 1.09 bits per heavy atom. The van der Waals surface area contributed by atoms with Crippen LogP contribution in [0.5, 0.6) is 17.2 Å². The van der Waals surface area contributed by atoms with Gasteiger partial charge >= 0.3 is 12.0 Å². The van der Waals surface area contributed by atoms with Crippen molar-refractivity contribution in [1.29, 1.82) is 0 Å². The molecule has 0 fully saturated rings. The van der Waals surface area contributed by atoms with E-state index in [1.54, 1.807) is 57.4 Å². The zero-order chi connectivity index (χ0) is 24.8. The van der Waals surface area contributed by atoms with Gasteiger partial charge in [-0.1, -0.05) is 11.6 Å². The van der Waals surface area contributed by atoms with Gasteiger partial charge in [-0.3, -0.25) is 0 Å². The lowest BCUT2D eigenvalue weighted by molar-refractivity contribution is -0.143. The van der Waals surface area contributed by atoms with E-state index in [1.165, 1.54) is 0 Å². The molecule has 0 aliphatic carbocycles. The molecule has 0 aromatic heterocycles. The monoisotopic (exact) mass is 488 g/mol. The maximum absolute atomic E-state index is 13.3. The largest absolute Gasteiger partial charge is 0.497 e. The lowest BCUT2D eigenvalue weighted by Crippen LogP contribution is -2.45. The number of halogens is 1. The summed E-state index contributed by atoms with van der Waals surface area (Å²) in [6.07, 6.45) is -0.363. The minimum absolute atomic E-state index is 0.237. The van der Waals surface area contributed by atoms with Crippen molar-refractivity contribution in [2.45, 2.75) is 39.8 Å². The molecule has 2 N–H and O–H groups in total. The standard InChI is InChI=1S/C25H29ClN2O6/c1-6-32-19-13-16(12-18(26)23(19)33-7-2)22-20(24(29)34-14(3)4)21(27-25(30)28-22)15-8-10-17(31-5)11-9-15/h8-14,22H,6-7H2,1-5H3,(H2,27,28,30). The Morgan fingerprint density at radius 2 is 1.76 bits per heavy atom. The van der Waals surface area contributed by atoms with Crippen molar-refractivity contribution < 1.29 is 28.5 Å². The highest BCUT2D eigenvalue weighted by Crippen LogP contribution is 2.41. The summed E-state index contributed by atoms with van der Waals surface area (Å²) in [5.74, 6) is 0.899. The smallest absolute Gasteiger partial charge is 0.338 e. The van der Waals surface area contributed by atoms with E-state index in [0.29, 0.717) is 52.3 Å². The third-order valence-electron chi connectivity index (χ3n) is 4.97. The van der Waals surface area contributed by atoms with Gasteiger partial charge < -0.3 is 29.6 Å². The van der Waals surface area contributed by atoms with E-state index in [0.717, 1.165) is 0 Å².